The number of carbonyl (C=O) groups excluding carboxylic acids is 1. The Hall–Kier alpha value is -2.21. The Labute approximate surface area is 133 Å². The average molecular weight is 314 g/mol. The van der Waals surface area contributed by atoms with Crippen LogP contribution in [0.4, 0.5) is 5.13 Å². The number of anilines is 1. The maximum Gasteiger partial charge on any atom is 0.292 e. The molecule has 1 aliphatic heterocycles. The van der Waals surface area contributed by atoms with E-state index < -0.39 is 0 Å². The number of rotatable bonds is 4. The van der Waals surface area contributed by atoms with Crippen molar-refractivity contribution in [3.05, 3.63) is 46.5 Å². The lowest BCUT2D eigenvalue weighted by molar-refractivity contribution is -0.110. The number of amides is 1. The molecule has 6 heteroatoms. The lowest BCUT2D eigenvalue weighted by Gasteiger charge is -2.04. The molecule has 0 saturated carbocycles. The van der Waals surface area contributed by atoms with Crippen molar-refractivity contribution in [2.45, 2.75) is 26.3 Å². The smallest absolute Gasteiger partial charge is 0.292 e. The van der Waals surface area contributed by atoms with Crippen molar-refractivity contribution in [3.63, 3.8) is 0 Å². The molecule has 0 fully saturated rings. The molecule has 5 nitrogen and oxygen atoms in total. The van der Waals surface area contributed by atoms with Gasteiger partial charge in [-0.1, -0.05) is 29.8 Å². The highest BCUT2D eigenvalue weighted by molar-refractivity contribution is 7.15. The van der Waals surface area contributed by atoms with Crippen LogP contribution in [0.1, 0.15) is 22.9 Å². The first-order valence-electron chi connectivity index (χ1n) is 7.23. The van der Waals surface area contributed by atoms with Gasteiger partial charge in [0.15, 0.2) is 11.0 Å². The summed E-state index contributed by atoms with van der Waals surface area (Å²) in [5.41, 5.74) is 2.49. The van der Waals surface area contributed by atoms with E-state index in [9.17, 15) is 4.79 Å². The summed E-state index contributed by atoms with van der Waals surface area (Å²) in [5.74, 6) is 0.170. The molecule has 2 N–H and O–H groups in total. The summed E-state index contributed by atoms with van der Waals surface area (Å²) in [6.07, 6.45) is 2.64. The lowest BCUT2D eigenvalue weighted by atomic mass is 10.1. The Morgan fingerprint density at radius 2 is 2.18 bits per heavy atom. The molecule has 1 unspecified atom stereocenters. The van der Waals surface area contributed by atoms with Crippen molar-refractivity contribution in [1.29, 1.82) is 0 Å². The molecule has 0 bridgehead atoms. The van der Waals surface area contributed by atoms with Crippen LogP contribution in [0.2, 0.25) is 0 Å². The molecule has 0 spiro atoms. The molecule has 2 heterocycles. The normalized spacial score (nSPS) is 17.0. The van der Waals surface area contributed by atoms with Gasteiger partial charge in [-0.3, -0.25) is 15.1 Å². The van der Waals surface area contributed by atoms with Crippen LogP contribution in [-0.4, -0.2) is 29.3 Å². The standard InChI is InChI=1S/C16H18N4OS/c1-10-3-5-12(6-4-10)7-13-9-18-16(22-13)20-15(21)14-17-8-11(2)19-14/h3-6,9,11H,7-8H2,1-2H3,(H,17,19)(H,18,20,21). The fraction of sp³-hybridized carbons (Fsp3) is 0.312. The van der Waals surface area contributed by atoms with Gasteiger partial charge in [0.2, 0.25) is 0 Å². The van der Waals surface area contributed by atoms with Crippen molar-refractivity contribution in [3.8, 4) is 0 Å². The molecule has 0 aliphatic carbocycles. The van der Waals surface area contributed by atoms with Crippen molar-refractivity contribution >= 4 is 28.2 Å². The highest BCUT2D eigenvalue weighted by Gasteiger charge is 2.20. The largest absolute Gasteiger partial charge is 0.361 e. The summed E-state index contributed by atoms with van der Waals surface area (Å²) in [5, 5.41) is 6.44. The van der Waals surface area contributed by atoms with Crippen LogP contribution in [0.5, 0.6) is 0 Å². The Bertz CT molecular complexity index is 705. The number of nitrogens with one attached hydrogen (secondary N) is 2. The van der Waals surface area contributed by atoms with Crippen LogP contribution in [0.25, 0.3) is 0 Å². The van der Waals surface area contributed by atoms with E-state index in [1.54, 1.807) is 0 Å². The summed E-state index contributed by atoms with van der Waals surface area (Å²) >= 11 is 1.49. The number of nitrogens with zero attached hydrogens (tertiary/aromatic N) is 2. The zero-order valence-corrected chi connectivity index (χ0v) is 13.4. The molecule has 1 aliphatic rings. The van der Waals surface area contributed by atoms with Gasteiger partial charge in [-0.05, 0) is 19.4 Å². The second-order valence-electron chi connectivity index (χ2n) is 5.48. The van der Waals surface area contributed by atoms with Crippen molar-refractivity contribution in [1.82, 2.24) is 10.3 Å². The van der Waals surface area contributed by atoms with Crippen LogP contribution >= 0.6 is 11.3 Å². The first-order valence-corrected chi connectivity index (χ1v) is 8.04. The molecule has 1 aromatic carbocycles. The maximum atomic E-state index is 12.0. The molecule has 3 rings (SSSR count). The Kier molecular flexibility index (Phi) is 4.20. The molecule has 1 amide bonds. The van der Waals surface area contributed by atoms with Gasteiger partial charge in [-0.2, -0.15) is 0 Å². The van der Waals surface area contributed by atoms with E-state index in [1.165, 1.54) is 22.5 Å². The molecule has 114 valence electrons. The third-order valence-corrected chi connectivity index (χ3v) is 4.31. The minimum absolute atomic E-state index is 0.217. The van der Waals surface area contributed by atoms with Crippen LogP contribution in [-0.2, 0) is 11.2 Å². The second-order valence-corrected chi connectivity index (χ2v) is 6.60. The van der Waals surface area contributed by atoms with Crippen LogP contribution in [0.3, 0.4) is 0 Å². The highest BCUT2D eigenvalue weighted by Crippen LogP contribution is 2.21. The highest BCUT2D eigenvalue weighted by atomic mass is 32.1. The van der Waals surface area contributed by atoms with Crippen molar-refractivity contribution < 1.29 is 4.79 Å². The lowest BCUT2D eigenvalue weighted by Crippen LogP contribution is -2.36. The predicted molar refractivity (Wildman–Crippen MR) is 89.6 cm³/mol. The first kappa shape index (κ1) is 14.7. The van der Waals surface area contributed by atoms with E-state index in [0.717, 1.165) is 11.3 Å². The van der Waals surface area contributed by atoms with Crippen molar-refractivity contribution in [2.75, 3.05) is 11.9 Å². The third-order valence-electron chi connectivity index (χ3n) is 3.39. The molecule has 22 heavy (non-hydrogen) atoms. The zero-order valence-electron chi connectivity index (χ0n) is 12.6. The summed E-state index contributed by atoms with van der Waals surface area (Å²) in [6, 6.07) is 8.65. The molecular formula is C16H18N4OS. The molecule has 1 atom stereocenters. The molecule has 0 radical (unpaired) electrons. The van der Waals surface area contributed by atoms with Gasteiger partial charge in [0.05, 0.1) is 6.54 Å². The maximum absolute atomic E-state index is 12.0. The summed E-state index contributed by atoms with van der Waals surface area (Å²) in [4.78, 5) is 21.6. The summed E-state index contributed by atoms with van der Waals surface area (Å²) < 4.78 is 0. The summed E-state index contributed by atoms with van der Waals surface area (Å²) in [6.45, 7) is 4.71. The van der Waals surface area contributed by atoms with Gasteiger partial charge in [-0.15, -0.1) is 11.3 Å². The third kappa shape index (κ3) is 3.51. The van der Waals surface area contributed by atoms with E-state index in [-0.39, 0.29) is 11.9 Å². The number of benzene rings is 1. The molecule has 0 saturated heterocycles. The van der Waals surface area contributed by atoms with Gasteiger partial charge in [0.1, 0.15) is 0 Å². The van der Waals surface area contributed by atoms with E-state index >= 15 is 0 Å². The van der Waals surface area contributed by atoms with E-state index in [0.29, 0.717) is 17.5 Å². The zero-order chi connectivity index (χ0) is 15.5. The number of amidine groups is 1. The first-order chi connectivity index (χ1) is 10.6. The van der Waals surface area contributed by atoms with E-state index in [2.05, 4.69) is 51.8 Å². The van der Waals surface area contributed by atoms with E-state index in [4.69, 9.17) is 0 Å². The monoisotopic (exact) mass is 314 g/mol. The number of aliphatic imine (C=N–C) groups is 1. The van der Waals surface area contributed by atoms with Gasteiger partial charge >= 0.3 is 0 Å². The molecule has 2 aromatic rings. The second kappa shape index (κ2) is 6.27. The molecule has 1 aromatic heterocycles. The quantitative estimate of drug-likeness (QED) is 0.910. The Balaban J connectivity index is 1.61. The Morgan fingerprint density at radius 3 is 2.86 bits per heavy atom. The van der Waals surface area contributed by atoms with Crippen LogP contribution in [0, 0.1) is 6.92 Å². The van der Waals surface area contributed by atoms with Gasteiger partial charge in [0.25, 0.3) is 5.91 Å². The minimum Gasteiger partial charge on any atom is -0.361 e. The Morgan fingerprint density at radius 1 is 1.41 bits per heavy atom. The van der Waals surface area contributed by atoms with Gasteiger partial charge in [0, 0.05) is 23.5 Å². The predicted octanol–water partition coefficient (Wildman–Crippen LogP) is 2.37. The van der Waals surface area contributed by atoms with Crippen LogP contribution < -0.4 is 10.6 Å². The number of hydrogen-bond donors (Lipinski definition) is 2. The molecular weight excluding hydrogens is 296 g/mol. The van der Waals surface area contributed by atoms with Crippen LogP contribution in [0.15, 0.2) is 35.5 Å². The fourth-order valence-electron chi connectivity index (χ4n) is 2.20. The average Bonchev–Trinajstić information content (AvgIpc) is 3.11. The number of carbonyl (C=O) groups is 1. The number of aromatic nitrogens is 1. The SMILES string of the molecule is Cc1ccc(Cc2cnc(NC(=O)C3=NCC(C)N3)s2)cc1. The van der Waals surface area contributed by atoms with E-state index in [1.807, 2.05) is 13.1 Å². The summed E-state index contributed by atoms with van der Waals surface area (Å²) in [7, 11) is 0. The fourth-order valence-corrected chi connectivity index (χ4v) is 3.04. The van der Waals surface area contributed by atoms with Crippen molar-refractivity contribution in [2.24, 2.45) is 4.99 Å². The van der Waals surface area contributed by atoms with Gasteiger partial charge in [-0.25, -0.2) is 4.98 Å². The number of aryl methyl sites for hydroxylation is 1. The topological polar surface area (TPSA) is 66.4 Å². The number of thiazole rings is 1. The number of hydrogen-bond acceptors (Lipinski definition) is 5. The minimum atomic E-state index is -0.222. The van der Waals surface area contributed by atoms with Gasteiger partial charge < -0.3 is 5.32 Å².